The first kappa shape index (κ1) is 21.3. The lowest BCUT2D eigenvalue weighted by molar-refractivity contribution is 0.122. The van der Waals surface area contributed by atoms with Gasteiger partial charge in [-0.3, -0.25) is 4.90 Å². The Morgan fingerprint density at radius 3 is 2.76 bits per heavy atom. The lowest BCUT2D eigenvalue weighted by Crippen LogP contribution is -2.37. The first-order valence-electron chi connectivity index (χ1n) is 10.2. The smallest absolute Gasteiger partial charge is 0.414 e. The van der Waals surface area contributed by atoms with Gasteiger partial charge in [-0.2, -0.15) is 0 Å². The van der Waals surface area contributed by atoms with Gasteiger partial charge in [0.25, 0.3) is 0 Å². The van der Waals surface area contributed by atoms with Crippen LogP contribution in [0.25, 0.3) is 0 Å². The van der Waals surface area contributed by atoms with Crippen molar-refractivity contribution in [1.82, 2.24) is 5.32 Å². The predicted octanol–water partition coefficient (Wildman–Crippen LogP) is 3.49. The van der Waals surface area contributed by atoms with E-state index in [1.807, 2.05) is 24.8 Å². The molecule has 2 aliphatic rings. The van der Waals surface area contributed by atoms with E-state index in [9.17, 15) is 9.18 Å². The summed E-state index contributed by atoms with van der Waals surface area (Å²) in [4.78, 5) is 15.8. The van der Waals surface area contributed by atoms with Gasteiger partial charge in [0.05, 0.1) is 31.1 Å². The molecule has 0 radical (unpaired) electrons. The van der Waals surface area contributed by atoms with Crippen LogP contribution in [0.1, 0.15) is 20.8 Å². The molecule has 0 aromatic heterocycles. The van der Waals surface area contributed by atoms with Crippen LogP contribution < -0.4 is 15.1 Å². The van der Waals surface area contributed by atoms with Crippen LogP contribution in [0.4, 0.5) is 20.6 Å². The summed E-state index contributed by atoms with van der Waals surface area (Å²) in [6, 6.07) is 5.06. The number of carbonyl (C=O) groups is 1. The minimum atomic E-state index is -0.442. The number of cyclic esters (lactones) is 1. The lowest BCUT2D eigenvalue weighted by atomic mass is 10.1. The molecule has 6 nitrogen and oxygen atoms in total. The molecule has 7 heteroatoms. The van der Waals surface area contributed by atoms with Crippen LogP contribution in [0.5, 0.6) is 0 Å². The zero-order valence-electron chi connectivity index (χ0n) is 17.4. The number of halogens is 1. The zero-order chi connectivity index (χ0) is 20.8. The maximum atomic E-state index is 14.7. The molecule has 0 saturated carbocycles. The fraction of sp³-hybridized carbons (Fsp3) is 0.500. The molecule has 1 N–H and O–H groups in total. The molecule has 0 aliphatic carbocycles. The summed E-state index contributed by atoms with van der Waals surface area (Å²) >= 11 is 0. The van der Waals surface area contributed by atoms with E-state index in [-0.39, 0.29) is 18.0 Å². The standard InChI is InChI=1S/C22H30FN3O3/c1-4-6-17(5-2)16(3)24-14-19-15-26(22(27)29-19)18-7-8-21(20(23)13-18)25-9-11-28-12-10-25/h4-8,13,16,19,24H,9-12,14-15H2,1-3H3/b6-4-,17-5+. The molecular weight excluding hydrogens is 373 g/mol. The van der Waals surface area contributed by atoms with Crippen molar-refractivity contribution in [2.24, 2.45) is 0 Å². The number of rotatable bonds is 7. The van der Waals surface area contributed by atoms with E-state index in [2.05, 4.69) is 24.4 Å². The molecule has 29 heavy (non-hydrogen) atoms. The highest BCUT2D eigenvalue weighted by Gasteiger charge is 2.33. The van der Waals surface area contributed by atoms with Gasteiger partial charge in [0, 0.05) is 25.7 Å². The Hall–Kier alpha value is -2.38. The second kappa shape index (κ2) is 9.89. The largest absolute Gasteiger partial charge is 0.443 e. The number of hydrogen-bond donors (Lipinski definition) is 1. The molecule has 2 fully saturated rings. The number of nitrogens with zero attached hydrogens (tertiary/aromatic N) is 2. The van der Waals surface area contributed by atoms with Gasteiger partial charge < -0.3 is 19.7 Å². The third kappa shape index (κ3) is 5.16. The first-order chi connectivity index (χ1) is 14.0. The summed E-state index contributed by atoms with van der Waals surface area (Å²) in [5, 5.41) is 3.40. The second-order valence-electron chi connectivity index (χ2n) is 7.27. The van der Waals surface area contributed by atoms with E-state index < -0.39 is 6.09 Å². The normalized spacial score (nSPS) is 21.7. The molecule has 2 unspecified atom stereocenters. The Bertz CT molecular complexity index is 775. The van der Waals surface area contributed by atoms with Gasteiger partial charge in [-0.05, 0) is 44.5 Å². The number of morpholine rings is 1. The highest BCUT2D eigenvalue weighted by molar-refractivity contribution is 5.90. The molecule has 2 aliphatic heterocycles. The highest BCUT2D eigenvalue weighted by atomic mass is 19.1. The highest BCUT2D eigenvalue weighted by Crippen LogP contribution is 2.28. The van der Waals surface area contributed by atoms with E-state index in [0.29, 0.717) is 50.8 Å². The SMILES string of the molecule is C/C=C\C(=C/C)C(C)NCC1CN(c2ccc(N3CCOCC3)c(F)c2)C(=O)O1. The first-order valence-corrected chi connectivity index (χ1v) is 10.2. The van der Waals surface area contributed by atoms with E-state index >= 15 is 0 Å². The number of amides is 1. The molecule has 158 valence electrons. The maximum absolute atomic E-state index is 14.7. The molecule has 2 saturated heterocycles. The van der Waals surface area contributed by atoms with Crippen molar-refractivity contribution >= 4 is 17.5 Å². The lowest BCUT2D eigenvalue weighted by Gasteiger charge is -2.29. The third-order valence-corrected chi connectivity index (χ3v) is 5.31. The van der Waals surface area contributed by atoms with Crippen molar-refractivity contribution in [2.75, 3.05) is 49.2 Å². The van der Waals surface area contributed by atoms with Gasteiger partial charge >= 0.3 is 6.09 Å². The molecule has 0 bridgehead atoms. The fourth-order valence-corrected chi connectivity index (χ4v) is 3.67. The summed E-state index contributed by atoms with van der Waals surface area (Å²) < 4.78 is 25.5. The molecule has 1 amide bonds. The van der Waals surface area contributed by atoms with Crippen LogP contribution in [-0.2, 0) is 9.47 Å². The molecular formula is C22H30FN3O3. The molecule has 2 atom stereocenters. The number of ether oxygens (including phenoxy) is 2. The summed E-state index contributed by atoms with van der Waals surface area (Å²) in [6.45, 7) is 9.49. The monoisotopic (exact) mass is 403 g/mol. The Morgan fingerprint density at radius 1 is 1.34 bits per heavy atom. The molecule has 2 heterocycles. The number of nitrogens with one attached hydrogen (secondary N) is 1. The van der Waals surface area contributed by atoms with Gasteiger partial charge in [-0.1, -0.05) is 18.2 Å². The summed E-state index contributed by atoms with van der Waals surface area (Å²) in [7, 11) is 0. The van der Waals surface area contributed by atoms with Gasteiger partial charge in [-0.25, -0.2) is 9.18 Å². The van der Waals surface area contributed by atoms with Gasteiger partial charge in [0.1, 0.15) is 11.9 Å². The number of hydrogen-bond acceptors (Lipinski definition) is 5. The van der Waals surface area contributed by atoms with E-state index in [0.717, 1.165) is 0 Å². The van der Waals surface area contributed by atoms with Crippen molar-refractivity contribution in [1.29, 1.82) is 0 Å². The molecule has 3 rings (SSSR count). The van der Waals surface area contributed by atoms with Crippen molar-refractivity contribution in [2.45, 2.75) is 32.9 Å². The summed E-state index contributed by atoms with van der Waals surface area (Å²) in [6.07, 6.45) is 5.39. The molecule has 1 aromatic carbocycles. The topological polar surface area (TPSA) is 54.0 Å². The average Bonchev–Trinajstić information content (AvgIpc) is 3.11. The van der Waals surface area contributed by atoms with Crippen LogP contribution in [0.15, 0.2) is 42.0 Å². The Morgan fingerprint density at radius 2 is 2.10 bits per heavy atom. The minimum absolute atomic E-state index is 0.147. The number of carbonyl (C=O) groups excluding carboxylic acids is 1. The molecule has 0 spiro atoms. The number of allylic oxidation sites excluding steroid dienone is 2. The van der Waals surface area contributed by atoms with Crippen LogP contribution >= 0.6 is 0 Å². The Kier molecular flexibility index (Phi) is 7.28. The van der Waals surface area contributed by atoms with E-state index in [1.54, 1.807) is 12.1 Å². The van der Waals surface area contributed by atoms with Crippen LogP contribution in [0, 0.1) is 5.82 Å². The number of benzene rings is 1. The Balaban J connectivity index is 1.60. The quantitative estimate of drug-likeness (QED) is 0.707. The van der Waals surface area contributed by atoms with Crippen LogP contribution in [0.3, 0.4) is 0 Å². The van der Waals surface area contributed by atoms with Crippen molar-refractivity contribution in [3.63, 3.8) is 0 Å². The fourth-order valence-electron chi connectivity index (χ4n) is 3.67. The summed E-state index contributed by atoms with van der Waals surface area (Å²) in [5.74, 6) is -0.337. The summed E-state index contributed by atoms with van der Waals surface area (Å²) in [5.41, 5.74) is 2.23. The van der Waals surface area contributed by atoms with Crippen molar-refractivity contribution in [3.8, 4) is 0 Å². The Labute approximate surface area is 172 Å². The zero-order valence-corrected chi connectivity index (χ0v) is 17.4. The number of anilines is 2. The second-order valence-corrected chi connectivity index (χ2v) is 7.27. The van der Waals surface area contributed by atoms with Gasteiger partial charge in [0.15, 0.2) is 0 Å². The van der Waals surface area contributed by atoms with Gasteiger partial charge in [-0.15, -0.1) is 0 Å². The van der Waals surface area contributed by atoms with E-state index in [1.165, 1.54) is 16.5 Å². The average molecular weight is 403 g/mol. The van der Waals surface area contributed by atoms with Crippen LogP contribution in [-0.4, -0.2) is 57.6 Å². The maximum Gasteiger partial charge on any atom is 0.414 e. The van der Waals surface area contributed by atoms with E-state index in [4.69, 9.17) is 9.47 Å². The van der Waals surface area contributed by atoms with Crippen molar-refractivity contribution in [3.05, 3.63) is 47.8 Å². The minimum Gasteiger partial charge on any atom is -0.443 e. The van der Waals surface area contributed by atoms with Crippen molar-refractivity contribution < 1.29 is 18.7 Å². The predicted molar refractivity (Wildman–Crippen MR) is 113 cm³/mol. The molecule has 1 aromatic rings. The van der Waals surface area contributed by atoms with Gasteiger partial charge in [0.2, 0.25) is 0 Å². The van der Waals surface area contributed by atoms with Crippen LogP contribution in [0.2, 0.25) is 0 Å². The third-order valence-electron chi connectivity index (χ3n) is 5.31.